The van der Waals surface area contributed by atoms with Gasteiger partial charge in [-0.25, -0.2) is 0 Å². The fourth-order valence-corrected chi connectivity index (χ4v) is 14.7. The van der Waals surface area contributed by atoms with E-state index in [4.69, 9.17) is 0 Å². The fourth-order valence-electron chi connectivity index (χ4n) is 8.63. The van der Waals surface area contributed by atoms with E-state index in [0.717, 1.165) is 11.4 Å². The number of hydrogen-bond acceptors (Lipinski definition) is 2. The van der Waals surface area contributed by atoms with Crippen LogP contribution in [0.15, 0.2) is 237 Å². The third-order valence-corrected chi connectivity index (χ3v) is 17.3. The van der Waals surface area contributed by atoms with E-state index < -0.39 is 8.07 Å². The van der Waals surface area contributed by atoms with Gasteiger partial charge in [0.2, 0.25) is 0 Å². The second-order valence-corrected chi connectivity index (χ2v) is 19.3. The van der Waals surface area contributed by atoms with Crippen molar-refractivity contribution < 1.29 is 0 Å². The van der Waals surface area contributed by atoms with Crippen LogP contribution in [0.1, 0.15) is 0 Å². The van der Waals surface area contributed by atoms with E-state index in [1.807, 2.05) is 11.3 Å². The van der Waals surface area contributed by atoms with Crippen LogP contribution in [0.2, 0.25) is 0 Å². The quantitative estimate of drug-likeness (QED) is 0.105. The minimum absolute atomic E-state index is 1.12. The Morgan fingerprint density at radius 1 is 0.316 bits per heavy atom. The Labute approximate surface area is 339 Å². The number of thiophene rings is 1. The lowest BCUT2D eigenvalue weighted by Crippen LogP contribution is -2.74. The molecule has 0 unspecified atom stereocenters. The van der Waals surface area contributed by atoms with Crippen LogP contribution < -0.4 is 25.6 Å². The van der Waals surface area contributed by atoms with Gasteiger partial charge in [0.25, 0.3) is 0 Å². The second-order valence-electron chi connectivity index (χ2n) is 14.5. The highest BCUT2D eigenvalue weighted by Crippen LogP contribution is 2.47. The molecule has 0 fully saturated rings. The van der Waals surface area contributed by atoms with Crippen molar-refractivity contribution in [2.24, 2.45) is 0 Å². The average molecular weight is 762 g/mol. The first-order chi connectivity index (χ1) is 28.3. The Bertz CT molecular complexity index is 2830. The molecular weight excluding hydrogens is 723 g/mol. The Balaban J connectivity index is 1.20. The van der Waals surface area contributed by atoms with Crippen LogP contribution in [0.25, 0.3) is 42.4 Å². The van der Waals surface area contributed by atoms with Gasteiger partial charge in [0.15, 0.2) is 8.07 Å². The van der Waals surface area contributed by atoms with Gasteiger partial charge in [-0.15, -0.1) is 11.3 Å². The molecule has 0 aliphatic heterocycles. The molecule has 0 N–H and O–H groups in total. The van der Waals surface area contributed by atoms with Crippen molar-refractivity contribution >= 4 is 77.4 Å². The average Bonchev–Trinajstić information content (AvgIpc) is 3.69. The van der Waals surface area contributed by atoms with Crippen molar-refractivity contribution in [3.8, 4) is 22.3 Å². The third-order valence-electron chi connectivity index (χ3n) is 11.2. The molecular formula is C54H39NSSi. The molecule has 9 aromatic carbocycles. The van der Waals surface area contributed by atoms with Crippen LogP contribution >= 0.6 is 11.3 Å². The number of nitrogens with zero attached hydrogens (tertiary/aromatic N) is 1. The van der Waals surface area contributed by atoms with Crippen LogP contribution in [0, 0.1) is 0 Å². The molecule has 0 saturated heterocycles. The number of anilines is 3. The SMILES string of the molecule is c1ccc(-c2cccc(N(c3ccc([Si](c4ccccc4)(c4ccccc4)c4ccccc4)cc3)c3cccc4c3sc3c(-c5ccccc5)cccc34)c2)cc1. The molecule has 0 atom stereocenters. The van der Waals surface area contributed by atoms with E-state index in [1.165, 1.54) is 68.9 Å². The zero-order chi connectivity index (χ0) is 38.0. The summed E-state index contributed by atoms with van der Waals surface area (Å²) in [4.78, 5) is 2.47. The monoisotopic (exact) mass is 761 g/mol. The highest BCUT2D eigenvalue weighted by molar-refractivity contribution is 7.27. The fraction of sp³-hybridized carbons (Fsp3) is 0. The van der Waals surface area contributed by atoms with Gasteiger partial charge < -0.3 is 4.90 Å². The van der Waals surface area contributed by atoms with Gasteiger partial charge in [-0.1, -0.05) is 206 Å². The van der Waals surface area contributed by atoms with Crippen molar-refractivity contribution in [3.05, 3.63) is 237 Å². The maximum atomic E-state index is 2.47. The molecule has 1 heterocycles. The van der Waals surface area contributed by atoms with Crippen molar-refractivity contribution in [1.29, 1.82) is 0 Å². The lowest BCUT2D eigenvalue weighted by molar-refractivity contribution is 1.30. The highest BCUT2D eigenvalue weighted by atomic mass is 32.1. The van der Waals surface area contributed by atoms with Gasteiger partial charge in [-0.3, -0.25) is 0 Å². The van der Waals surface area contributed by atoms with Crippen molar-refractivity contribution in [1.82, 2.24) is 0 Å². The molecule has 0 saturated carbocycles. The summed E-state index contributed by atoms with van der Waals surface area (Å²) >= 11 is 1.89. The molecule has 0 aliphatic carbocycles. The lowest BCUT2D eigenvalue weighted by Gasteiger charge is -2.35. The molecule has 10 rings (SSSR count). The van der Waals surface area contributed by atoms with Gasteiger partial charge >= 0.3 is 0 Å². The smallest absolute Gasteiger partial charge is 0.179 e. The van der Waals surface area contributed by atoms with Gasteiger partial charge in [-0.05, 0) is 73.3 Å². The van der Waals surface area contributed by atoms with E-state index in [-0.39, 0.29) is 0 Å². The summed E-state index contributed by atoms with van der Waals surface area (Å²) in [6.07, 6.45) is 0. The number of fused-ring (bicyclic) bond motifs is 3. The van der Waals surface area contributed by atoms with E-state index in [1.54, 1.807) is 0 Å². The van der Waals surface area contributed by atoms with Gasteiger partial charge in [0.1, 0.15) is 0 Å². The predicted molar refractivity (Wildman–Crippen MR) is 249 cm³/mol. The van der Waals surface area contributed by atoms with Crippen LogP contribution in [-0.4, -0.2) is 8.07 Å². The minimum atomic E-state index is -2.69. The zero-order valence-corrected chi connectivity index (χ0v) is 33.2. The molecule has 10 aromatic rings. The summed E-state index contributed by atoms with van der Waals surface area (Å²) in [7, 11) is -2.69. The molecule has 0 bridgehead atoms. The first kappa shape index (κ1) is 34.7. The molecule has 1 aromatic heterocycles. The summed E-state index contributed by atoms with van der Waals surface area (Å²) in [6, 6.07) is 87.0. The number of benzene rings is 9. The molecule has 0 spiro atoms. The molecule has 270 valence electrons. The first-order valence-electron chi connectivity index (χ1n) is 19.5. The molecule has 0 radical (unpaired) electrons. The minimum Gasteiger partial charge on any atom is -0.309 e. The van der Waals surface area contributed by atoms with Crippen LogP contribution in [0.3, 0.4) is 0 Å². The lowest BCUT2D eigenvalue weighted by atomic mass is 10.0. The molecule has 1 nitrogen and oxygen atoms in total. The number of hydrogen-bond donors (Lipinski definition) is 0. The Kier molecular flexibility index (Phi) is 9.15. The van der Waals surface area contributed by atoms with E-state index in [9.17, 15) is 0 Å². The summed E-state index contributed by atoms with van der Waals surface area (Å²) in [6.45, 7) is 0. The topological polar surface area (TPSA) is 3.24 Å². The summed E-state index contributed by atoms with van der Waals surface area (Å²) < 4.78 is 2.58. The molecule has 0 amide bonds. The normalized spacial score (nSPS) is 11.5. The molecule has 3 heteroatoms. The van der Waals surface area contributed by atoms with E-state index >= 15 is 0 Å². The summed E-state index contributed by atoms with van der Waals surface area (Å²) in [5.74, 6) is 0. The van der Waals surface area contributed by atoms with Gasteiger partial charge in [0, 0.05) is 26.8 Å². The summed E-state index contributed by atoms with van der Waals surface area (Å²) in [5, 5.41) is 8.01. The Morgan fingerprint density at radius 2 is 0.772 bits per heavy atom. The third kappa shape index (κ3) is 6.18. The highest BCUT2D eigenvalue weighted by Gasteiger charge is 2.41. The van der Waals surface area contributed by atoms with Crippen LogP contribution in [0.4, 0.5) is 17.1 Å². The van der Waals surface area contributed by atoms with Crippen LogP contribution in [-0.2, 0) is 0 Å². The number of rotatable bonds is 9. The maximum Gasteiger partial charge on any atom is 0.179 e. The van der Waals surface area contributed by atoms with Gasteiger partial charge in [0.05, 0.1) is 10.4 Å². The van der Waals surface area contributed by atoms with Crippen molar-refractivity contribution in [2.75, 3.05) is 4.90 Å². The Hall–Kier alpha value is -6.78. The molecule has 0 aliphatic rings. The van der Waals surface area contributed by atoms with Gasteiger partial charge in [-0.2, -0.15) is 0 Å². The van der Waals surface area contributed by atoms with Crippen LogP contribution in [0.5, 0.6) is 0 Å². The maximum absolute atomic E-state index is 2.69. The standard InChI is InChI=1S/C54H39NSSi/c1-6-19-40(20-7-1)42-23-16-24-44(39-42)55(52-34-18-33-51-50-32-17-31-49(53(50)56-54(51)52)41-21-8-2-9-22-41)43-35-37-48(38-36-43)57(45-25-10-3-11-26-45,46-27-12-4-13-28-46)47-29-14-5-15-30-47/h1-39H. The van der Waals surface area contributed by atoms with E-state index in [0.29, 0.717) is 0 Å². The second kappa shape index (κ2) is 15.0. The zero-order valence-electron chi connectivity index (χ0n) is 31.4. The predicted octanol–water partition coefficient (Wildman–Crippen LogP) is 12.2. The molecule has 57 heavy (non-hydrogen) atoms. The largest absolute Gasteiger partial charge is 0.309 e. The van der Waals surface area contributed by atoms with E-state index in [2.05, 4.69) is 241 Å². The van der Waals surface area contributed by atoms with Crippen molar-refractivity contribution in [2.45, 2.75) is 0 Å². The van der Waals surface area contributed by atoms with Crippen molar-refractivity contribution in [3.63, 3.8) is 0 Å². The summed E-state index contributed by atoms with van der Waals surface area (Å²) in [5.41, 5.74) is 8.31. The first-order valence-corrected chi connectivity index (χ1v) is 22.3. The Morgan fingerprint density at radius 3 is 1.35 bits per heavy atom.